The molecule has 1 amide bonds. The van der Waals surface area contributed by atoms with Crippen LogP contribution in [0, 0.1) is 0 Å². The lowest BCUT2D eigenvalue weighted by Crippen LogP contribution is -2.15. The van der Waals surface area contributed by atoms with E-state index in [9.17, 15) is 9.90 Å². The van der Waals surface area contributed by atoms with Crippen molar-refractivity contribution >= 4 is 34.8 Å². The first-order valence-corrected chi connectivity index (χ1v) is 7.78. The predicted molar refractivity (Wildman–Crippen MR) is 88.8 cm³/mol. The first kappa shape index (κ1) is 15.9. The van der Waals surface area contributed by atoms with Gasteiger partial charge in [0.1, 0.15) is 11.5 Å². The van der Waals surface area contributed by atoms with E-state index in [0.717, 1.165) is 12.8 Å². The number of pyridine rings is 1. The lowest BCUT2D eigenvalue weighted by Gasteiger charge is -2.15. The molecule has 0 aliphatic heterocycles. The number of amides is 1. The number of benzene rings is 1. The van der Waals surface area contributed by atoms with E-state index < -0.39 is 5.91 Å². The number of hydrogen-bond acceptors (Lipinski definition) is 4. The van der Waals surface area contributed by atoms with Crippen molar-refractivity contribution in [2.24, 2.45) is 0 Å². The van der Waals surface area contributed by atoms with E-state index >= 15 is 0 Å². The number of phenols is 1. The van der Waals surface area contributed by atoms with Gasteiger partial charge < -0.3 is 15.2 Å². The van der Waals surface area contributed by atoms with Crippen LogP contribution in [0.2, 0.25) is 10.0 Å². The average Bonchev–Trinajstić information content (AvgIpc) is 3.35. The average molecular weight is 353 g/mol. The zero-order valence-corrected chi connectivity index (χ0v) is 13.8. The van der Waals surface area contributed by atoms with Gasteiger partial charge in [-0.05, 0) is 30.9 Å². The second-order valence-electron chi connectivity index (χ2n) is 5.29. The number of phenolic OH excluding ortho intramolecular Hbond substituents is 1. The van der Waals surface area contributed by atoms with Crippen LogP contribution in [0.4, 0.5) is 5.69 Å². The lowest BCUT2D eigenvalue weighted by molar-refractivity contribution is 0.102. The minimum atomic E-state index is -0.418. The number of ether oxygens (including phenoxy) is 1. The van der Waals surface area contributed by atoms with Crippen molar-refractivity contribution in [3.63, 3.8) is 0 Å². The lowest BCUT2D eigenvalue weighted by atomic mass is 10.0. The second-order valence-corrected chi connectivity index (χ2v) is 6.10. The summed E-state index contributed by atoms with van der Waals surface area (Å²) in [5, 5.41) is 13.2. The third-order valence-electron chi connectivity index (χ3n) is 3.70. The first-order chi connectivity index (χ1) is 11.0. The van der Waals surface area contributed by atoms with Crippen molar-refractivity contribution in [2.45, 2.75) is 18.8 Å². The van der Waals surface area contributed by atoms with Gasteiger partial charge in [-0.25, -0.2) is 0 Å². The third kappa shape index (κ3) is 3.07. The van der Waals surface area contributed by atoms with Crippen molar-refractivity contribution in [3.05, 3.63) is 45.7 Å². The number of aromatic nitrogens is 1. The summed E-state index contributed by atoms with van der Waals surface area (Å²) in [5.41, 5.74) is 1.28. The second kappa shape index (κ2) is 6.26. The molecule has 3 rings (SSSR count). The van der Waals surface area contributed by atoms with Gasteiger partial charge in [-0.3, -0.25) is 9.78 Å². The maximum atomic E-state index is 12.6. The molecule has 1 heterocycles. The zero-order chi connectivity index (χ0) is 16.6. The van der Waals surface area contributed by atoms with Crippen molar-refractivity contribution in [2.75, 3.05) is 12.4 Å². The molecular formula is C16H14Cl2N2O3. The highest BCUT2D eigenvalue weighted by Crippen LogP contribution is 2.49. The Labute approximate surface area is 143 Å². The number of carbonyl (C=O) groups excluding carboxylic acids is 1. The summed E-state index contributed by atoms with van der Waals surface area (Å²) >= 11 is 12.0. The topological polar surface area (TPSA) is 71.5 Å². The fraction of sp³-hybridized carbons (Fsp3) is 0.250. The molecule has 0 radical (unpaired) electrons. The van der Waals surface area contributed by atoms with Crippen LogP contribution in [0.5, 0.6) is 11.5 Å². The Kier molecular flexibility index (Phi) is 4.33. The molecule has 120 valence electrons. The van der Waals surface area contributed by atoms with Gasteiger partial charge in [0, 0.05) is 18.0 Å². The van der Waals surface area contributed by atoms with Crippen LogP contribution in [0.25, 0.3) is 0 Å². The zero-order valence-electron chi connectivity index (χ0n) is 12.3. The van der Waals surface area contributed by atoms with Gasteiger partial charge in [0.2, 0.25) is 0 Å². The third-order valence-corrected chi connectivity index (χ3v) is 4.27. The molecule has 1 aliphatic rings. The van der Waals surface area contributed by atoms with Crippen LogP contribution in [0.1, 0.15) is 34.7 Å². The Bertz CT molecular complexity index is 756. The van der Waals surface area contributed by atoms with Crippen molar-refractivity contribution < 1.29 is 14.6 Å². The fourth-order valence-electron chi connectivity index (χ4n) is 2.47. The standard InChI is InChI=1S/C16H14Cl2N2O3/c1-23-15-9(4-5-12(21)13(15)8-2-3-8)16(22)20-14-10(17)6-19-7-11(14)18/h4-8,21H,2-3H2,1H3,(H,19,20,22). The van der Waals surface area contributed by atoms with E-state index in [1.165, 1.54) is 31.6 Å². The van der Waals surface area contributed by atoms with Crippen LogP contribution in [0.15, 0.2) is 24.5 Å². The Balaban J connectivity index is 1.98. The first-order valence-electron chi connectivity index (χ1n) is 7.03. The molecule has 7 heteroatoms. The van der Waals surface area contributed by atoms with Crippen molar-refractivity contribution in [1.29, 1.82) is 0 Å². The molecule has 23 heavy (non-hydrogen) atoms. The summed E-state index contributed by atoms with van der Waals surface area (Å²) in [5.74, 6) is 0.330. The van der Waals surface area contributed by atoms with Gasteiger partial charge in [0.15, 0.2) is 0 Å². The summed E-state index contributed by atoms with van der Waals surface area (Å²) in [6, 6.07) is 3.01. The molecule has 0 spiro atoms. The molecule has 2 N–H and O–H groups in total. The molecule has 0 saturated heterocycles. The molecule has 1 saturated carbocycles. The molecule has 1 aromatic carbocycles. The molecule has 1 aliphatic carbocycles. The summed E-state index contributed by atoms with van der Waals surface area (Å²) in [6.07, 6.45) is 4.73. The highest BCUT2D eigenvalue weighted by molar-refractivity contribution is 6.39. The summed E-state index contributed by atoms with van der Waals surface area (Å²) in [7, 11) is 1.48. The minimum absolute atomic E-state index is 0.140. The molecule has 5 nitrogen and oxygen atoms in total. The Morgan fingerprint density at radius 3 is 2.52 bits per heavy atom. The van der Waals surface area contributed by atoms with Crippen LogP contribution < -0.4 is 10.1 Å². The molecule has 1 fully saturated rings. The molecule has 0 bridgehead atoms. The van der Waals surface area contributed by atoms with Crippen LogP contribution in [-0.4, -0.2) is 23.1 Å². The molecule has 1 aromatic heterocycles. The maximum absolute atomic E-state index is 12.6. The normalized spacial score (nSPS) is 13.7. The van der Waals surface area contributed by atoms with Crippen LogP contribution in [0.3, 0.4) is 0 Å². The number of anilines is 1. The SMILES string of the molecule is COc1c(C(=O)Nc2c(Cl)cncc2Cl)ccc(O)c1C1CC1. The smallest absolute Gasteiger partial charge is 0.259 e. The summed E-state index contributed by atoms with van der Waals surface area (Å²) in [6.45, 7) is 0. The number of carbonyl (C=O) groups is 1. The fourth-order valence-corrected chi connectivity index (χ4v) is 2.93. The van der Waals surface area contributed by atoms with Gasteiger partial charge in [0.25, 0.3) is 5.91 Å². The molecule has 0 unspecified atom stereocenters. The quantitative estimate of drug-likeness (QED) is 0.863. The largest absolute Gasteiger partial charge is 0.508 e. The summed E-state index contributed by atoms with van der Waals surface area (Å²) < 4.78 is 5.38. The van der Waals surface area contributed by atoms with E-state index in [1.807, 2.05) is 0 Å². The van der Waals surface area contributed by atoms with E-state index in [4.69, 9.17) is 27.9 Å². The van der Waals surface area contributed by atoms with Crippen LogP contribution in [-0.2, 0) is 0 Å². The predicted octanol–water partition coefficient (Wildman–Crippen LogP) is 4.23. The van der Waals surface area contributed by atoms with Crippen LogP contribution >= 0.6 is 23.2 Å². The van der Waals surface area contributed by atoms with Crippen molar-refractivity contribution in [1.82, 2.24) is 4.98 Å². The van der Waals surface area contributed by atoms with Gasteiger partial charge in [0.05, 0.1) is 28.4 Å². The number of nitrogens with one attached hydrogen (secondary N) is 1. The Morgan fingerprint density at radius 2 is 1.96 bits per heavy atom. The van der Waals surface area contributed by atoms with Gasteiger partial charge in [-0.2, -0.15) is 0 Å². The number of nitrogens with zero attached hydrogens (tertiary/aromatic N) is 1. The molecule has 2 aromatic rings. The maximum Gasteiger partial charge on any atom is 0.259 e. The number of methoxy groups -OCH3 is 1. The molecular weight excluding hydrogens is 339 g/mol. The Hall–Kier alpha value is -1.98. The highest BCUT2D eigenvalue weighted by atomic mass is 35.5. The van der Waals surface area contributed by atoms with Crippen molar-refractivity contribution in [3.8, 4) is 11.5 Å². The highest BCUT2D eigenvalue weighted by Gasteiger charge is 2.32. The number of halogens is 2. The Morgan fingerprint density at radius 1 is 1.30 bits per heavy atom. The van der Waals surface area contributed by atoms with E-state index in [1.54, 1.807) is 0 Å². The molecule has 0 atom stereocenters. The van der Waals surface area contributed by atoms with E-state index in [2.05, 4.69) is 10.3 Å². The van der Waals surface area contributed by atoms with Gasteiger partial charge >= 0.3 is 0 Å². The van der Waals surface area contributed by atoms with E-state index in [-0.39, 0.29) is 27.4 Å². The number of rotatable bonds is 4. The van der Waals surface area contributed by atoms with Gasteiger partial charge in [-0.1, -0.05) is 23.2 Å². The minimum Gasteiger partial charge on any atom is -0.508 e. The number of hydrogen-bond donors (Lipinski definition) is 2. The van der Waals surface area contributed by atoms with Gasteiger partial charge in [-0.15, -0.1) is 0 Å². The number of aromatic hydroxyl groups is 1. The van der Waals surface area contributed by atoms with E-state index in [0.29, 0.717) is 16.9 Å². The summed E-state index contributed by atoms with van der Waals surface area (Å²) in [4.78, 5) is 16.4. The monoisotopic (exact) mass is 352 g/mol.